The van der Waals surface area contributed by atoms with Gasteiger partial charge < -0.3 is 15.4 Å². The molecule has 2 N–H and O–H groups in total. The Kier molecular flexibility index (Phi) is 5.13. The number of nitrogens with zero attached hydrogens (tertiary/aromatic N) is 1. The van der Waals surface area contributed by atoms with Gasteiger partial charge in [-0.05, 0) is 24.5 Å². The Labute approximate surface area is 126 Å². The highest BCUT2D eigenvalue weighted by molar-refractivity contribution is 6.33. The average Bonchev–Trinajstić information content (AvgIpc) is 2.48. The van der Waals surface area contributed by atoms with Crippen LogP contribution in [0, 0.1) is 10.1 Å². The van der Waals surface area contributed by atoms with Gasteiger partial charge in [0.25, 0.3) is 5.69 Å². The summed E-state index contributed by atoms with van der Waals surface area (Å²) in [6.45, 7) is 1.29. The molecule has 1 aromatic rings. The Hall–Kier alpha value is -2.12. The number of halogens is 1. The Bertz CT molecular complexity index is 581. The summed E-state index contributed by atoms with van der Waals surface area (Å²) in [5.74, 6) is 0. The number of rotatable bonds is 3. The number of carbonyl (C=O) groups excluding carboxylic acids is 1. The van der Waals surface area contributed by atoms with Crippen molar-refractivity contribution in [2.24, 2.45) is 0 Å². The molecule has 7 nitrogen and oxygen atoms in total. The van der Waals surface area contributed by atoms with E-state index >= 15 is 0 Å². The Morgan fingerprint density at radius 1 is 1.38 bits per heavy atom. The fraction of sp³-hybridized carbons (Fsp3) is 0.308. The number of benzene rings is 1. The standard InChI is InChI=1S/C13H14ClN3O4/c14-11-2-1-10(17(19)20)7-12(11)16-13(18)15-8-9-3-5-21-6-4-9/h1-2,7-8H,3-6H2,(H2,15,16,18). The molecule has 0 unspecified atom stereocenters. The Morgan fingerprint density at radius 2 is 2.10 bits per heavy atom. The van der Waals surface area contributed by atoms with Crippen molar-refractivity contribution in [3.63, 3.8) is 0 Å². The quantitative estimate of drug-likeness (QED) is 0.662. The Morgan fingerprint density at radius 3 is 2.76 bits per heavy atom. The lowest BCUT2D eigenvalue weighted by Crippen LogP contribution is -2.25. The van der Waals surface area contributed by atoms with Crippen molar-refractivity contribution in [3.05, 3.63) is 45.1 Å². The largest absolute Gasteiger partial charge is 0.381 e. The summed E-state index contributed by atoms with van der Waals surface area (Å²) in [6.07, 6.45) is 3.18. The fourth-order valence-corrected chi connectivity index (χ4v) is 1.99. The number of nitrogens with one attached hydrogen (secondary N) is 2. The van der Waals surface area contributed by atoms with Gasteiger partial charge in [0.1, 0.15) is 0 Å². The fourth-order valence-electron chi connectivity index (χ4n) is 1.83. The van der Waals surface area contributed by atoms with E-state index in [-0.39, 0.29) is 16.4 Å². The number of ether oxygens (including phenoxy) is 1. The zero-order chi connectivity index (χ0) is 15.2. The van der Waals surface area contributed by atoms with Crippen LogP contribution in [0.2, 0.25) is 5.02 Å². The van der Waals surface area contributed by atoms with E-state index in [9.17, 15) is 14.9 Å². The molecular weight excluding hydrogens is 298 g/mol. The molecule has 21 heavy (non-hydrogen) atoms. The van der Waals surface area contributed by atoms with Gasteiger partial charge in [-0.15, -0.1) is 0 Å². The summed E-state index contributed by atoms with van der Waals surface area (Å²) in [4.78, 5) is 21.9. The van der Waals surface area contributed by atoms with Gasteiger partial charge in [0.05, 0.1) is 28.8 Å². The van der Waals surface area contributed by atoms with Crippen molar-refractivity contribution in [2.45, 2.75) is 12.8 Å². The molecule has 0 aromatic heterocycles. The number of hydrogen-bond donors (Lipinski definition) is 2. The van der Waals surface area contributed by atoms with Gasteiger partial charge >= 0.3 is 6.03 Å². The summed E-state index contributed by atoms with van der Waals surface area (Å²) in [5.41, 5.74) is 1.13. The second-order valence-electron chi connectivity index (χ2n) is 4.43. The first-order valence-corrected chi connectivity index (χ1v) is 6.71. The van der Waals surface area contributed by atoms with E-state index in [1.165, 1.54) is 18.2 Å². The number of amides is 2. The number of anilines is 1. The zero-order valence-corrected chi connectivity index (χ0v) is 11.9. The minimum Gasteiger partial charge on any atom is -0.381 e. The maximum atomic E-state index is 11.8. The number of carbonyl (C=O) groups is 1. The van der Waals surface area contributed by atoms with Gasteiger partial charge in [-0.1, -0.05) is 11.6 Å². The normalized spacial score (nSPS) is 14.4. The van der Waals surface area contributed by atoms with E-state index in [1.54, 1.807) is 6.20 Å². The van der Waals surface area contributed by atoms with E-state index in [2.05, 4.69) is 10.6 Å². The molecule has 1 aliphatic heterocycles. The first-order valence-electron chi connectivity index (χ1n) is 6.33. The van der Waals surface area contributed by atoms with Gasteiger partial charge in [0.15, 0.2) is 0 Å². The highest BCUT2D eigenvalue weighted by Crippen LogP contribution is 2.26. The van der Waals surface area contributed by atoms with E-state index < -0.39 is 11.0 Å². The average molecular weight is 312 g/mol. The van der Waals surface area contributed by atoms with E-state index in [0.29, 0.717) is 13.2 Å². The van der Waals surface area contributed by atoms with E-state index in [0.717, 1.165) is 18.4 Å². The van der Waals surface area contributed by atoms with Crippen LogP contribution >= 0.6 is 11.6 Å². The summed E-state index contributed by atoms with van der Waals surface area (Å²) in [7, 11) is 0. The number of nitro groups is 1. The predicted octanol–water partition coefficient (Wildman–Crippen LogP) is 3.06. The van der Waals surface area contributed by atoms with Crippen LogP contribution in [0.25, 0.3) is 0 Å². The topological polar surface area (TPSA) is 93.5 Å². The molecule has 0 spiro atoms. The van der Waals surface area contributed by atoms with E-state index in [1.807, 2.05) is 0 Å². The van der Waals surface area contributed by atoms with Crippen LogP contribution in [-0.2, 0) is 4.74 Å². The van der Waals surface area contributed by atoms with Gasteiger partial charge in [-0.3, -0.25) is 10.1 Å². The second kappa shape index (κ2) is 7.05. The summed E-state index contributed by atoms with van der Waals surface area (Å²) in [5, 5.41) is 16.0. The van der Waals surface area contributed by atoms with Crippen molar-refractivity contribution in [3.8, 4) is 0 Å². The first kappa shape index (κ1) is 15.3. The third kappa shape index (κ3) is 4.44. The van der Waals surface area contributed by atoms with Crippen LogP contribution < -0.4 is 10.6 Å². The molecule has 2 rings (SSSR count). The van der Waals surface area contributed by atoms with Crippen LogP contribution in [0.4, 0.5) is 16.2 Å². The van der Waals surface area contributed by atoms with E-state index in [4.69, 9.17) is 16.3 Å². The molecule has 1 heterocycles. The third-order valence-corrected chi connectivity index (χ3v) is 3.28. The molecule has 1 aromatic carbocycles. The van der Waals surface area contributed by atoms with Crippen LogP contribution in [0.3, 0.4) is 0 Å². The molecule has 0 bridgehead atoms. The third-order valence-electron chi connectivity index (χ3n) is 2.95. The minimum atomic E-state index is -0.552. The van der Waals surface area contributed by atoms with Gasteiger partial charge in [-0.2, -0.15) is 0 Å². The first-order chi connectivity index (χ1) is 10.1. The number of urea groups is 1. The van der Waals surface area contributed by atoms with Crippen LogP contribution in [-0.4, -0.2) is 24.2 Å². The SMILES string of the molecule is O=C(NC=C1CCOCC1)Nc1cc([N+](=O)[O-])ccc1Cl. The lowest BCUT2D eigenvalue weighted by Gasteiger charge is -2.14. The van der Waals surface area contributed by atoms with Gasteiger partial charge in [-0.25, -0.2) is 4.79 Å². The maximum Gasteiger partial charge on any atom is 0.323 e. The molecular formula is C13H14ClN3O4. The molecule has 112 valence electrons. The zero-order valence-electron chi connectivity index (χ0n) is 11.1. The lowest BCUT2D eigenvalue weighted by molar-refractivity contribution is -0.384. The second-order valence-corrected chi connectivity index (χ2v) is 4.84. The number of non-ortho nitro benzene ring substituents is 1. The molecule has 1 saturated heterocycles. The van der Waals surface area contributed by atoms with Crippen LogP contribution in [0.5, 0.6) is 0 Å². The van der Waals surface area contributed by atoms with Crippen molar-refractivity contribution >= 4 is 29.0 Å². The molecule has 0 radical (unpaired) electrons. The molecule has 0 atom stereocenters. The molecule has 1 fully saturated rings. The smallest absolute Gasteiger partial charge is 0.323 e. The molecule has 1 aliphatic rings. The summed E-state index contributed by atoms with van der Waals surface area (Å²) < 4.78 is 5.20. The van der Waals surface area contributed by atoms with Gasteiger partial charge in [0.2, 0.25) is 0 Å². The highest BCUT2D eigenvalue weighted by Gasteiger charge is 2.12. The summed E-state index contributed by atoms with van der Waals surface area (Å²) in [6, 6.07) is 3.35. The molecule has 0 saturated carbocycles. The maximum absolute atomic E-state index is 11.8. The summed E-state index contributed by atoms with van der Waals surface area (Å²) >= 11 is 5.90. The van der Waals surface area contributed by atoms with Crippen molar-refractivity contribution in [1.29, 1.82) is 0 Å². The van der Waals surface area contributed by atoms with Gasteiger partial charge in [0, 0.05) is 18.3 Å². The van der Waals surface area contributed by atoms with Crippen LogP contribution in [0.15, 0.2) is 30.0 Å². The lowest BCUT2D eigenvalue weighted by atomic mass is 10.1. The number of hydrogen-bond acceptors (Lipinski definition) is 4. The molecule has 2 amide bonds. The molecule has 0 aliphatic carbocycles. The van der Waals surface area contributed by atoms with Crippen molar-refractivity contribution in [2.75, 3.05) is 18.5 Å². The monoisotopic (exact) mass is 311 g/mol. The molecule has 8 heteroatoms. The van der Waals surface area contributed by atoms with Crippen molar-refractivity contribution in [1.82, 2.24) is 5.32 Å². The van der Waals surface area contributed by atoms with Crippen LogP contribution in [0.1, 0.15) is 12.8 Å². The number of nitro benzene ring substituents is 1. The highest BCUT2D eigenvalue weighted by atomic mass is 35.5. The Balaban J connectivity index is 1.98. The predicted molar refractivity (Wildman–Crippen MR) is 78.4 cm³/mol. The minimum absolute atomic E-state index is 0.141. The van der Waals surface area contributed by atoms with Crippen molar-refractivity contribution < 1.29 is 14.5 Å².